The maximum Gasteiger partial charge on any atom is 0.311 e. The first-order chi connectivity index (χ1) is 15.5. The first-order valence-electron chi connectivity index (χ1n) is 10.0. The van der Waals surface area contributed by atoms with Crippen molar-refractivity contribution in [3.63, 3.8) is 0 Å². The average molecular weight is 436 g/mol. The van der Waals surface area contributed by atoms with Crippen LogP contribution in [0, 0.1) is 16.0 Å². The molecule has 3 aromatic rings. The number of hydrogen-bond donors (Lipinski definition) is 0. The van der Waals surface area contributed by atoms with E-state index >= 15 is 0 Å². The summed E-state index contributed by atoms with van der Waals surface area (Å²) in [6.07, 6.45) is 0.841. The van der Waals surface area contributed by atoms with Gasteiger partial charge >= 0.3 is 5.97 Å². The van der Waals surface area contributed by atoms with Crippen LogP contribution < -0.4 is 0 Å². The molecular formula is C22H20N4O6. The first-order valence-corrected chi connectivity index (χ1v) is 10.0. The SMILES string of the molecule is O=C(OCc1nnc(-c2ccc([N+](=O)[O-])cc2)o1)[C@H]1CC(=O)N(CCc2ccccc2)C1. The number of carbonyl (C=O) groups excluding carboxylic acids is 2. The first kappa shape index (κ1) is 21.2. The number of benzene rings is 2. The predicted octanol–water partition coefficient (Wildman–Crippen LogP) is 2.78. The number of ether oxygens (including phenoxy) is 1. The Morgan fingerprint density at radius 1 is 1.16 bits per heavy atom. The van der Waals surface area contributed by atoms with Crippen LogP contribution in [-0.2, 0) is 27.4 Å². The third kappa shape index (κ3) is 4.97. The van der Waals surface area contributed by atoms with E-state index in [1.165, 1.54) is 24.3 Å². The van der Waals surface area contributed by atoms with Crippen molar-refractivity contribution >= 4 is 17.6 Å². The monoisotopic (exact) mass is 436 g/mol. The third-order valence-corrected chi connectivity index (χ3v) is 5.19. The maximum absolute atomic E-state index is 12.4. The number of nitrogens with zero attached hydrogens (tertiary/aromatic N) is 4. The van der Waals surface area contributed by atoms with E-state index in [0.29, 0.717) is 18.7 Å². The molecule has 1 saturated heterocycles. The minimum atomic E-state index is -0.532. The van der Waals surface area contributed by atoms with E-state index in [4.69, 9.17) is 9.15 Å². The number of esters is 1. The number of nitro groups is 1. The summed E-state index contributed by atoms with van der Waals surface area (Å²) in [4.78, 5) is 36.6. The van der Waals surface area contributed by atoms with Crippen LogP contribution in [0.1, 0.15) is 17.9 Å². The quantitative estimate of drug-likeness (QED) is 0.299. The lowest BCUT2D eigenvalue weighted by molar-refractivity contribution is -0.384. The highest BCUT2D eigenvalue weighted by atomic mass is 16.6. The minimum Gasteiger partial charge on any atom is -0.455 e. The Morgan fingerprint density at radius 3 is 2.62 bits per heavy atom. The zero-order chi connectivity index (χ0) is 22.5. The van der Waals surface area contributed by atoms with E-state index < -0.39 is 16.8 Å². The number of nitro benzene ring substituents is 1. The third-order valence-electron chi connectivity index (χ3n) is 5.19. The standard InChI is InChI=1S/C22H20N4O6/c27-20-12-17(13-25(20)11-10-15-4-2-1-3-5-15)22(28)31-14-19-23-24-21(32-19)16-6-8-18(9-7-16)26(29)30/h1-9,17H,10-14H2/t17-/m0/s1. The van der Waals surface area contributed by atoms with Gasteiger partial charge in [0, 0.05) is 37.2 Å². The molecule has 1 fully saturated rings. The summed E-state index contributed by atoms with van der Waals surface area (Å²) in [5.74, 6) is -0.835. The van der Waals surface area contributed by atoms with Crippen LogP contribution in [0.5, 0.6) is 0 Å². The summed E-state index contributed by atoms with van der Waals surface area (Å²) in [5.41, 5.74) is 1.59. The molecule has 0 N–H and O–H groups in total. The zero-order valence-corrected chi connectivity index (χ0v) is 17.0. The van der Waals surface area contributed by atoms with Crippen LogP contribution in [0.2, 0.25) is 0 Å². The topological polar surface area (TPSA) is 129 Å². The van der Waals surface area contributed by atoms with Crippen molar-refractivity contribution in [1.29, 1.82) is 0 Å². The zero-order valence-electron chi connectivity index (χ0n) is 17.0. The van der Waals surface area contributed by atoms with E-state index in [0.717, 1.165) is 12.0 Å². The summed E-state index contributed by atoms with van der Waals surface area (Å²) in [7, 11) is 0. The van der Waals surface area contributed by atoms with Gasteiger partial charge < -0.3 is 14.1 Å². The van der Waals surface area contributed by atoms with E-state index in [-0.39, 0.29) is 36.4 Å². The predicted molar refractivity (Wildman–Crippen MR) is 111 cm³/mol. The van der Waals surface area contributed by atoms with E-state index in [1.807, 2.05) is 30.3 Å². The van der Waals surface area contributed by atoms with Gasteiger partial charge in [0.25, 0.3) is 11.6 Å². The minimum absolute atomic E-state index is 0.0497. The largest absolute Gasteiger partial charge is 0.455 e. The van der Waals surface area contributed by atoms with E-state index in [2.05, 4.69) is 10.2 Å². The normalized spacial score (nSPS) is 15.7. The van der Waals surface area contributed by atoms with Crippen molar-refractivity contribution in [1.82, 2.24) is 15.1 Å². The lowest BCUT2D eigenvalue weighted by Gasteiger charge is -2.16. The van der Waals surface area contributed by atoms with Gasteiger partial charge in [-0.3, -0.25) is 19.7 Å². The van der Waals surface area contributed by atoms with Crippen molar-refractivity contribution in [3.8, 4) is 11.5 Å². The molecule has 2 aromatic carbocycles. The van der Waals surface area contributed by atoms with Crippen molar-refractivity contribution in [2.45, 2.75) is 19.4 Å². The number of non-ortho nitro benzene ring substituents is 1. The van der Waals surface area contributed by atoms with Gasteiger partial charge in [-0.15, -0.1) is 10.2 Å². The van der Waals surface area contributed by atoms with Gasteiger partial charge in [-0.05, 0) is 24.1 Å². The number of rotatable bonds is 8. The molecule has 0 aliphatic carbocycles. The Balaban J connectivity index is 1.27. The number of amides is 1. The molecule has 1 aliphatic rings. The number of hydrogen-bond acceptors (Lipinski definition) is 8. The van der Waals surface area contributed by atoms with Crippen LogP contribution in [-0.4, -0.2) is 45.0 Å². The molecule has 1 atom stereocenters. The Bertz CT molecular complexity index is 1110. The van der Waals surface area contributed by atoms with Gasteiger partial charge in [-0.2, -0.15) is 0 Å². The molecule has 1 amide bonds. The van der Waals surface area contributed by atoms with Gasteiger partial charge in [0.15, 0.2) is 6.61 Å². The Kier molecular flexibility index (Phi) is 6.20. The van der Waals surface area contributed by atoms with Gasteiger partial charge in [0.05, 0.1) is 10.8 Å². The van der Waals surface area contributed by atoms with Crippen molar-refractivity contribution < 1.29 is 23.7 Å². The molecule has 0 spiro atoms. The summed E-state index contributed by atoms with van der Waals surface area (Å²) in [5, 5.41) is 18.4. The Hall–Kier alpha value is -4.08. The van der Waals surface area contributed by atoms with Gasteiger partial charge in [-0.25, -0.2) is 0 Å². The highest BCUT2D eigenvalue weighted by molar-refractivity contribution is 5.86. The van der Waals surface area contributed by atoms with E-state index in [1.54, 1.807) is 4.90 Å². The Morgan fingerprint density at radius 2 is 1.91 bits per heavy atom. The summed E-state index contributed by atoms with van der Waals surface area (Å²) >= 11 is 0. The van der Waals surface area contributed by atoms with Crippen LogP contribution >= 0.6 is 0 Å². The van der Waals surface area contributed by atoms with Crippen LogP contribution in [0.4, 0.5) is 5.69 Å². The summed E-state index contributed by atoms with van der Waals surface area (Å²) in [6.45, 7) is 0.658. The summed E-state index contributed by atoms with van der Waals surface area (Å²) < 4.78 is 10.7. The fourth-order valence-corrected chi connectivity index (χ4v) is 3.46. The van der Waals surface area contributed by atoms with Gasteiger partial charge in [0.1, 0.15) is 0 Å². The van der Waals surface area contributed by atoms with Gasteiger partial charge in [0.2, 0.25) is 11.8 Å². The number of aromatic nitrogens is 2. The molecule has 0 radical (unpaired) electrons. The second-order valence-electron chi connectivity index (χ2n) is 7.39. The van der Waals surface area contributed by atoms with Crippen molar-refractivity contribution in [2.75, 3.05) is 13.1 Å². The second-order valence-corrected chi connectivity index (χ2v) is 7.39. The molecule has 4 rings (SSSR count). The fourth-order valence-electron chi connectivity index (χ4n) is 3.46. The van der Waals surface area contributed by atoms with Crippen LogP contribution in [0.25, 0.3) is 11.5 Å². The molecule has 10 heteroatoms. The van der Waals surface area contributed by atoms with E-state index in [9.17, 15) is 19.7 Å². The highest BCUT2D eigenvalue weighted by Crippen LogP contribution is 2.23. The molecule has 0 bridgehead atoms. The molecular weight excluding hydrogens is 416 g/mol. The molecule has 1 aromatic heterocycles. The van der Waals surface area contributed by atoms with Gasteiger partial charge in [-0.1, -0.05) is 30.3 Å². The molecule has 0 saturated carbocycles. The van der Waals surface area contributed by atoms with Crippen molar-refractivity contribution in [3.05, 3.63) is 76.2 Å². The molecule has 2 heterocycles. The Labute approximate surface area is 183 Å². The molecule has 1 aliphatic heterocycles. The summed E-state index contributed by atoms with van der Waals surface area (Å²) in [6, 6.07) is 15.5. The number of likely N-dealkylation sites (tertiary alicyclic amines) is 1. The number of carbonyl (C=O) groups is 2. The smallest absolute Gasteiger partial charge is 0.311 e. The second kappa shape index (κ2) is 9.38. The molecule has 32 heavy (non-hydrogen) atoms. The highest BCUT2D eigenvalue weighted by Gasteiger charge is 2.35. The molecule has 10 nitrogen and oxygen atoms in total. The van der Waals surface area contributed by atoms with Crippen LogP contribution in [0.15, 0.2) is 59.0 Å². The molecule has 164 valence electrons. The average Bonchev–Trinajstić information content (AvgIpc) is 3.43. The van der Waals surface area contributed by atoms with Crippen LogP contribution in [0.3, 0.4) is 0 Å². The lowest BCUT2D eigenvalue weighted by atomic mass is 10.1. The molecule has 0 unspecified atom stereocenters. The fraction of sp³-hybridized carbons (Fsp3) is 0.273. The maximum atomic E-state index is 12.4. The van der Waals surface area contributed by atoms with Crippen molar-refractivity contribution in [2.24, 2.45) is 5.92 Å². The lowest BCUT2D eigenvalue weighted by Crippen LogP contribution is -2.28.